The lowest BCUT2D eigenvalue weighted by Crippen LogP contribution is -2.64. The van der Waals surface area contributed by atoms with Crippen molar-refractivity contribution in [3.05, 3.63) is 36.0 Å². The van der Waals surface area contributed by atoms with Gasteiger partial charge in [0.2, 0.25) is 12.6 Å². The monoisotopic (exact) mass is 1530 g/mol. The van der Waals surface area contributed by atoms with Crippen LogP contribution in [0.15, 0.2) is 36.0 Å². The maximum Gasteiger partial charge on any atom is 0.511 e. The van der Waals surface area contributed by atoms with E-state index in [2.05, 4.69) is 20.4 Å². The van der Waals surface area contributed by atoms with Crippen LogP contribution in [0.5, 0.6) is 0 Å². The number of aliphatic hydroxyl groups excluding tert-OH is 1. The number of piperidine rings is 1. The van der Waals surface area contributed by atoms with Gasteiger partial charge in [0.15, 0.2) is 6.10 Å². The fraction of sp³-hybridized carbons (Fsp3) is 0.824. The second kappa shape index (κ2) is 54.1. The molecule has 1 unspecified atom stereocenters. The van der Waals surface area contributed by atoms with E-state index in [4.69, 9.17) is 52.1 Å². The number of fused-ring (bicyclic) bond motifs is 3. The Labute approximate surface area is 646 Å². The van der Waals surface area contributed by atoms with Crippen LogP contribution in [0.25, 0.3) is 0 Å². The Kier molecular flexibility index (Phi) is 47.5. The third-order valence-corrected chi connectivity index (χ3v) is 22.2. The highest BCUT2D eigenvalue weighted by Crippen LogP contribution is 2.40. The minimum Gasteiger partial charge on any atom is -0.462 e. The van der Waals surface area contributed by atoms with Gasteiger partial charge in [-0.05, 0) is 108 Å². The first kappa shape index (κ1) is 94.8. The Morgan fingerprint density at radius 2 is 1.13 bits per heavy atom. The van der Waals surface area contributed by atoms with Gasteiger partial charge < -0.3 is 67.2 Å². The van der Waals surface area contributed by atoms with Crippen LogP contribution in [0.4, 0.5) is 4.79 Å². The lowest BCUT2D eigenvalue weighted by atomic mass is 9.81. The first-order valence-electron chi connectivity index (χ1n) is 41.6. The van der Waals surface area contributed by atoms with Gasteiger partial charge in [0.1, 0.15) is 43.4 Å². The molecule has 3 aliphatic heterocycles. The molecule has 1 amide bonds. The van der Waals surface area contributed by atoms with E-state index in [1.54, 1.807) is 26.8 Å². The van der Waals surface area contributed by atoms with Crippen LogP contribution in [0, 0.1) is 29.6 Å². The van der Waals surface area contributed by atoms with E-state index >= 15 is 0 Å². The summed E-state index contributed by atoms with van der Waals surface area (Å²) >= 11 is 0. The average Bonchev–Trinajstić information content (AvgIpc) is 0.769. The molecule has 4 rings (SSSR count). The van der Waals surface area contributed by atoms with Crippen molar-refractivity contribution in [2.45, 2.75) is 372 Å². The summed E-state index contributed by atoms with van der Waals surface area (Å²) < 4.78 is 62.9. The first-order valence-corrected chi connectivity index (χ1v) is 41.6. The first-order chi connectivity index (χ1) is 51.9. The number of rotatable bonds is 46. The molecule has 1 aliphatic carbocycles. The molecule has 2 bridgehead atoms. The number of unbranched alkanes of at least 4 members (excludes halogenated alkanes) is 24. The number of ether oxygens (including phenoxy) is 11. The molecule has 2 N–H and O–H groups in total. The zero-order valence-corrected chi connectivity index (χ0v) is 67.8. The molecule has 23 nitrogen and oxygen atoms in total. The van der Waals surface area contributed by atoms with Gasteiger partial charge >= 0.3 is 36.0 Å². The second-order valence-corrected chi connectivity index (χ2v) is 31.4. The number of hydrogen-bond donors (Lipinski definition) is 2. The third-order valence-electron chi connectivity index (χ3n) is 22.2. The molecule has 3 heterocycles. The summed E-state index contributed by atoms with van der Waals surface area (Å²) in [5, 5.41) is 24.3. The van der Waals surface area contributed by atoms with Crippen molar-refractivity contribution in [2.75, 3.05) is 47.9 Å². The van der Waals surface area contributed by atoms with E-state index in [-0.39, 0.29) is 75.9 Å². The van der Waals surface area contributed by atoms with E-state index in [0.717, 1.165) is 49.0 Å². The predicted octanol–water partition coefficient (Wildman–Crippen LogP) is 16.0. The molecule has 4 aliphatic rings. The number of esters is 5. The van der Waals surface area contributed by atoms with Crippen molar-refractivity contribution in [2.24, 2.45) is 29.6 Å². The van der Waals surface area contributed by atoms with Gasteiger partial charge in [0, 0.05) is 64.9 Å². The number of methoxy groups -OCH3 is 3. The molecule has 0 aromatic rings. The Morgan fingerprint density at radius 3 is 1.66 bits per heavy atom. The summed E-state index contributed by atoms with van der Waals surface area (Å²) in [5.74, 6) is -11.4. The van der Waals surface area contributed by atoms with Gasteiger partial charge in [-0.2, -0.15) is 0 Å². The summed E-state index contributed by atoms with van der Waals surface area (Å²) in [4.78, 5) is 124. The molecule has 0 spiro atoms. The zero-order valence-electron chi connectivity index (χ0n) is 67.8. The van der Waals surface area contributed by atoms with Crippen molar-refractivity contribution in [1.82, 2.24) is 4.90 Å². The standard InChI is InChI=1S/C85H141NO22/c1-12-15-17-19-21-23-25-27-29-31-33-35-37-43-75(89)101-57-67(58-102-76(90)44-38-36-34-32-30-28-26-24-22-20-18-16-13-2)105-78(92)48-47-77(91)103-59-104-84(96)106-71-46-45-65(55-72(71)98-9)53-62(6)79-64(8)69(87)56-70(88)66(41-14-3)51-60(4)50-61(5)52-73(99-10)80-74(100-11)54-63(7)85(97,108-80)81(93)82(94)86-49-40-39-42-68(86)83(95)107-79/h14,51,53,61,63-69,71-74,79-80,87,97H,3,12-13,15-50,52,54-59H2,1-2,4-11H3/b60-51+,62-53+/t61-,63+,64+,65?,66+,68-,69-,71+,72+,73-,74-,79+,80+,85+/m0/s1. The minimum atomic E-state index is -2.59. The van der Waals surface area contributed by atoms with E-state index in [0.29, 0.717) is 63.4 Å². The van der Waals surface area contributed by atoms with Crippen molar-refractivity contribution < 1.29 is 105 Å². The van der Waals surface area contributed by atoms with Crippen LogP contribution in [0.3, 0.4) is 0 Å². The number of ketones is 2. The summed E-state index contributed by atoms with van der Waals surface area (Å²) in [5.41, 5.74) is 1.42. The molecule has 2 saturated heterocycles. The number of carbonyl (C=O) groups is 9. The largest absolute Gasteiger partial charge is 0.511 e. The number of Topliss-reactive ketones (excluding diaryl/α,β-unsaturated/α-hetero) is 2. The van der Waals surface area contributed by atoms with Gasteiger partial charge in [-0.1, -0.05) is 213 Å². The highest BCUT2D eigenvalue weighted by molar-refractivity contribution is 6.39. The fourth-order valence-electron chi connectivity index (χ4n) is 15.6. The number of cyclic esters (lactones) is 1. The van der Waals surface area contributed by atoms with E-state index in [1.165, 1.54) is 137 Å². The molecule has 14 atom stereocenters. The van der Waals surface area contributed by atoms with Gasteiger partial charge in [-0.15, -0.1) is 6.58 Å². The van der Waals surface area contributed by atoms with E-state index in [9.17, 15) is 53.4 Å². The number of hydrogen-bond acceptors (Lipinski definition) is 22. The molecule has 1 saturated carbocycles. The third kappa shape index (κ3) is 35.4. The maximum atomic E-state index is 14.7. The topological polar surface area (TPSA) is 299 Å². The van der Waals surface area contributed by atoms with Crippen LogP contribution in [0.1, 0.15) is 312 Å². The van der Waals surface area contributed by atoms with Crippen LogP contribution in [-0.4, -0.2) is 177 Å². The number of aliphatic hydroxyl groups is 2. The Balaban J connectivity index is 1.35. The second-order valence-electron chi connectivity index (χ2n) is 31.4. The quantitative estimate of drug-likeness (QED) is 0.0143. The van der Waals surface area contributed by atoms with Gasteiger partial charge in [0.25, 0.3) is 11.7 Å². The summed E-state index contributed by atoms with van der Waals surface area (Å²) in [7, 11) is 4.47. The molecule has 0 radical (unpaired) electrons. The highest BCUT2D eigenvalue weighted by Gasteiger charge is 2.57. The van der Waals surface area contributed by atoms with Crippen LogP contribution >= 0.6 is 0 Å². The molecule has 108 heavy (non-hydrogen) atoms. The number of carbonyl (C=O) groups excluding carboxylic acids is 9. The highest BCUT2D eigenvalue weighted by atomic mass is 16.8. The fourth-order valence-corrected chi connectivity index (χ4v) is 15.6. The molecule has 0 aromatic carbocycles. The normalized spacial score (nSPS) is 26.9. The average molecular weight is 1530 g/mol. The lowest BCUT2D eigenvalue weighted by Gasteiger charge is -2.47. The van der Waals surface area contributed by atoms with E-state index < -0.39 is 146 Å². The van der Waals surface area contributed by atoms with Gasteiger partial charge in [0.05, 0.1) is 37.3 Å². The number of allylic oxidation sites excluding steroid dienone is 4. The maximum absolute atomic E-state index is 14.7. The Morgan fingerprint density at radius 1 is 0.620 bits per heavy atom. The van der Waals surface area contributed by atoms with Gasteiger partial charge in [-0.25, -0.2) is 9.59 Å². The van der Waals surface area contributed by atoms with Crippen molar-refractivity contribution >= 4 is 53.5 Å². The predicted molar refractivity (Wildman–Crippen MR) is 411 cm³/mol. The number of amides is 1. The molecule has 0 aromatic heterocycles. The molecular formula is C85H141NO22. The number of nitrogens with zero attached hydrogens (tertiary/aromatic N) is 1. The SMILES string of the molecule is C=CC[C@@H]1/C=C(\C)C[C@H](C)C[C@H](OC)[C@H]2O[C@@](O)(C(=O)C(=O)N3CCCC[C@H]3C(=O)O[C@H](/C(C)=C/C3CC[C@@H](OC(=O)OCOC(=O)CCC(=O)OC(COC(=O)CCCCCCCCCCCCCCC)COC(=O)CCCCCCCCCCCCCCC)[C@H](OC)C3)[C@H](C)[C@@H](O)CC1=O)[C@H](C)C[C@@H]2OC. The summed E-state index contributed by atoms with van der Waals surface area (Å²) in [6, 6.07) is -1.26. The van der Waals surface area contributed by atoms with Crippen molar-refractivity contribution in [1.29, 1.82) is 0 Å². The van der Waals surface area contributed by atoms with Gasteiger partial charge in [-0.3, -0.25) is 33.6 Å². The smallest absolute Gasteiger partial charge is 0.462 e. The zero-order chi connectivity index (χ0) is 79.2. The van der Waals surface area contributed by atoms with E-state index in [1.807, 2.05) is 26.0 Å². The molecule has 618 valence electrons. The summed E-state index contributed by atoms with van der Waals surface area (Å²) in [6.07, 6.45) is 30.0. The summed E-state index contributed by atoms with van der Waals surface area (Å²) in [6.45, 7) is 15.8. The van der Waals surface area contributed by atoms with Crippen LogP contribution in [-0.2, 0) is 90.5 Å². The Hall–Kier alpha value is -5.59. The van der Waals surface area contributed by atoms with Crippen molar-refractivity contribution in [3.63, 3.8) is 0 Å². The molecular weight excluding hydrogens is 1390 g/mol. The Bertz CT molecular complexity index is 2690. The van der Waals surface area contributed by atoms with Crippen molar-refractivity contribution in [3.8, 4) is 0 Å². The minimum absolute atomic E-state index is 0.00627. The van der Waals surface area contributed by atoms with Crippen LogP contribution in [0.2, 0.25) is 0 Å². The van der Waals surface area contributed by atoms with Crippen LogP contribution < -0.4 is 0 Å². The molecule has 23 heteroatoms. The molecule has 3 fully saturated rings. The lowest BCUT2D eigenvalue weighted by molar-refractivity contribution is -0.302.